The number of ether oxygens (including phenoxy) is 1. The first kappa shape index (κ1) is 18.9. The van der Waals surface area contributed by atoms with Gasteiger partial charge in [0, 0.05) is 36.6 Å². The summed E-state index contributed by atoms with van der Waals surface area (Å²) in [7, 11) is 0. The second-order valence-corrected chi connectivity index (χ2v) is 8.40. The Morgan fingerprint density at radius 1 is 1.09 bits per heavy atom. The van der Waals surface area contributed by atoms with E-state index in [1.54, 1.807) is 6.20 Å². The van der Waals surface area contributed by atoms with Crippen molar-refractivity contribution in [2.45, 2.75) is 31.8 Å². The number of primary amides is 1. The van der Waals surface area contributed by atoms with Gasteiger partial charge >= 0.3 is 0 Å². The van der Waals surface area contributed by atoms with Crippen molar-refractivity contribution in [2.75, 3.05) is 18.1 Å². The van der Waals surface area contributed by atoms with Gasteiger partial charge in [-0.3, -0.25) is 9.89 Å². The van der Waals surface area contributed by atoms with Crippen molar-refractivity contribution in [1.29, 1.82) is 0 Å². The fourth-order valence-corrected chi connectivity index (χ4v) is 4.92. The van der Waals surface area contributed by atoms with Crippen molar-refractivity contribution in [3.05, 3.63) is 48.7 Å². The molecule has 1 amide bonds. The maximum atomic E-state index is 11.9. The molecule has 0 saturated carbocycles. The van der Waals surface area contributed by atoms with E-state index >= 15 is 0 Å². The van der Waals surface area contributed by atoms with Gasteiger partial charge in [-0.2, -0.15) is 5.10 Å². The van der Waals surface area contributed by atoms with E-state index < -0.39 is 0 Å². The summed E-state index contributed by atoms with van der Waals surface area (Å²) in [5.41, 5.74) is 11.6. The summed E-state index contributed by atoms with van der Waals surface area (Å²) in [6.45, 7) is 2.30. The van der Waals surface area contributed by atoms with Crippen LogP contribution in [0.3, 0.4) is 0 Å². The number of nitrogens with zero attached hydrogens (tertiary/aromatic N) is 4. The predicted octanol–water partition coefficient (Wildman–Crippen LogP) is 3.33. The molecule has 4 aromatic rings. The van der Waals surface area contributed by atoms with Crippen molar-refractivity contribution in [2.24, 2.45) is 5.73 Å². The molecular formula is C24H24N6O2. The minimum absolute atomic E-state index is 0.276. The van der Waals surface area contributed by atoms with Gasteiger partial charge in [0.1, 0.15) is 23.1 Å². The standard InChI is InChI=1S/C24H24N6O2/c25-23(31)20-3-1-10-29(20)17-13-19-22-21(14-17)32-12-2-11-30(22)24(27-19)16-6-4-15(5-7-16)18-8-9-26-28-18/h4-9,13-14,20H,1-3,10-12H2,(H2,25,31)(H,26,28)/t20-/m0/s1. The number of aryl methyl sites for hydroxylation is 1. The number of imidazole rings is 1. The number of carbonyl (C=O) groups is 1. The fourth-order valence-electron chi connectivity index (χ4n) is 4.92. The van der Waals surface area contributed by atoms with E-state index in [0.29, 0.717) is 6.61 Å². The van der Waals surface area contributed by atoms with Crippen LogP contribution in [0.2, 0.25) is 0 Å². The summed E-state index contributed by atoms with van der Waals surface area (Å²) in [6, 6.07) is 14.1. The van der Waals surface area contributed by atoms with E-state index in [9.17, 15) is 4.79 Å². The number of benzene rings is 2. The normalized spacial score (nSPS) is 18.0. The molecule has 2 aromatic carbocycles. The van der Waals surface area contributed by atoms with Crippen LogP contribution in [-0.4, -0.2) is 44.8 Å². The van der Waals surface area contributed by atoms with Crippen molar-refractivity contribution < 1.29 is 9.53 Å². The lowest BCUT2D eigenvalue weighted by Crippen LogP contribution is -2.40. The van der Waals surface area contributed by atoms with E-state index in [2.05, 4.69) is 50.0 Å². The number of amides is 1. The van der Waals surface area contributed by atoms with Gasteiger partial charge in [0.15, 0.2) is 0 Å². The summed E-state index contributed by atoms with van der Waals surface area (Å²) in [4.78, 5) is 19.0. The van der Waals surface area contributed by atoms with E-state index in [0.717, 1.165) is 77.5 Å². The number of nitrogens with one attached hydrogen (secondary N) is 1. The molecule has 32 heavy (non-hydrogen) atoms. The average molecular weight is 428 g/mol. The quantitative estimate of drug-likeness (QED) is 0.519. The summed E-state index contributed by atoms with van der Waals surface area (Å²) < 4.78 is 8.37. The lowest BCUT2D eigenvalue weighted by Gasteiger charge is -2.25. The number of hydrogen-bond donors (Lipinski definition) is 2. The molecule has 0 spiro atoms. The Morgan fingerprint density at radius 2 is 1.94 bits per heavy atom. The van der Waals surface area contributed by atoms with Crippen molar-refractivity contribution >= 4 is 22.6 Å². The highest BCUT2D eigenvalue weighted by atomic mass is 16.5. The zero-order chi connectivity index (χ0) is 21.7. The van der Waals surface area contributed by atoms with Gasteiger partial charge < -0.3 is 19.9 Å². The molecular weight excluding hydrogens is 404 g/mol. The molecule has 8 heteroatoms. The van der Waals surface area contributed by atoms with Gasteiger partial charge in [0.2, 0.25) is 5.91 Å². The lowest BCUT2D eigenvalue weighted by atomic mass is 10.1. The van der Waals surface area contributed by atoms with Gasteiger partial charge in [-0.05, 0) is 37.0 Å². The van der Waals surface area contributed by atoms with E-state index in [-0.39, 0.29) is 11.9 Å². The Labute approximate surface area is 185 Å². The molecule has 1 fully saturated rings. The topological polar surface area (TPSA) is 102 Å². The van der Waals surface area contributed by atoms with E-state index in [1.807, 2.05) is 12.1 Å². The minimum Gasteiger partial charge on any atom is -0.491 e. The zero-order valence-electron chi connectivity index (χ0n) is 17.6. The van der Waals surface area contributed by atoms with Gasteiger partial charge in [-0.15, -0.1) is 0 Å². The SMILES string of the molecule is NC(=O)[C@@H]1CCCN1c1cc2c3c(c1)nc(-c1ccc(-c4ccn[nH]4)cc1)n3CCCO2. The Bertz CT molecular complexity index is 1290. The lowest BCUT2D eigenvalue weighted by molar-refractivity contribution is -0.119. The molecule has 1 atom stereocenters. The number of aromatic amines is 1. The van der Waals surface area contributed by atoms with Crippen LogP contribution < -0.4 is 15.4 Å². The summed E-state index contributed by atoms with van der Waals surface area (Å²) in [5, 5.41) is 7.03. The third kappa shape index (κ3) is 3.02. The summed E-state index contributed by atoms with van der Waals surface area (Å²) >= 11 is 0. The molecule has 3 N–H and O–H groups in total. The van der Waals surface area contributed by atoms with Crippen LogP contribution in [0.15, 0.2) is 48.7 Å². The molecule has 0 aliphatic carbocycles. The number of anilines is 1. The minimum atomic E-state index is -0.280. The number of nitrogens with two attached hydrogens (primary N) is 1. The monoisotopic (exact) mass is 428 g/mol. The van der Waals surface area contributed by atoms with Crippen LogP contribution in [-0.2, 0) is 11.3 Å². The Balaban J connectivity index is 1.46. The maximum Gasteiger partial charge on any atom is 0.240 e. The van der Waals surface area contributed by atoms with Gasteiger partial charge in [0.25, 0.3) is 0 Å². The Morgan fingerprint density at radius 3 is 2.72 bits per heavy atom. The van der Waals surface area contributed by atoms with E-state index in [1.165, 1.54) is 0 Å². The number of aromatic nitrogens is 4. The molecule has 0 radical (unpaired) electrons. The van der Waals surface area contributed by atoms with Crippen LogP contribution >= 0.6 is 0 Å². The molecule has 2 aliphatic heterocycles. The third-order valence-corrected chi connectivity index (χ3v) is 6.44. The van der Waals surface area contributed by atoms with Crippen molar-refractivity contribution in [3.8, 4) is 28.4 Å². The molecule has 0 bridgehead atoms. The fraction of sp³-hybridized carbons (Fsp3) is 0.292. The number of H-pyrrole nitrogens is 1. The molecule has 4 heterocycles. The van der Waals surface area contributed by atoms with Crippen LogP contribution in [0.4, 0.5) is 5.69 Å². The summed E-state index contributed by atoms with van der Waals surface area (Å²) in [6.07, 6.45) is 4.39. The largest absolute Gasteiger partial charge is 0.491 e. The second kappa shape index (κ2) is 7.40. The molecule has 0 unspecified atom stereocenters. The van der Waals surface area contributed by atoms with Crippen molar-refractivity contribution in [1.82, 2.24) is 19.7 Å². The maximum absolute atomic E-state index is 11.9. The predicted molar refractivity (Wildman–Crippen MR) is 122 cm³/mol. The smallest absolute Gasteiger partial charge is 0.240 e. The molecule has 2 aromatic heterocycles. The number of hydrogen-bond acceptors (Lipinski definition) is 5. The molecule has 2 aliphatic rings. The molecule has 1 saturated heterocycles. The van der Waals surface area contributed by atoms with E-state index in [4.69, 9.17) is 15.5 Å². The van der Waals surface area contributed by atoms with Crippen molar-refractivity contribution in [3.63, 3.8) is 0 Å². The van der Waals surface area contributed by atoms with Gasteiger partial charge in [-0.25, -0.2) is 4.98 Å². The highest BCUT2D eigenvalue weighted by molar-refractivity contribution is 5.91. The van der Waals surface area contributed by atoms with Gasteiger partial charge in [-0.1, -0.05) is 24.3 Å². The molecule has 8 nitrogen and oxygen atoms in total. The number of rotatable bonds is 4. The molecule has 6 rings (SSSR count). The Kier molecular flexibility index (Phi) is 4.38. The first-order valence-electron chi connectivity index (χ1n) is 11.0. The highest BCUT2D eigenvalue weighted by Crippen LogP contribution is 2.38. The third-order valence-electron chi connectivity index (χ3n) is 6.44. The Hall–Kier alpha value is -3.81. The van der Waals surface area contributed by atoms with Crippen LogP contribution in [0.5, 0.6) is 5.75 Å². The second-order valence-electron chi connectivity index (χ2n) is 8.40. The van der Waals surface area contributed by atoms with Crippen LogP contribution in [0, 0.1) is 0 Å². The summed E-state index contributed by atoms with van der Waals surface area (Å²) in [5.74, 6) is 1.46. The van der Waals surface area contributed by atoms with Crippen LogP contribution in [0.1, 0.15) is 19.3 Å². The van der Waals surface area contributed by atoms with Crippen LogP contribution in [0.25, 0.3) is 33.7 Å². The highest BCUT2D eigenvalue weighted by Gasteiger charge is 2.31. The first-order chi connectivity index (χ1) is 15.7. The first-order valence-corrected chi connectivity index (χ1v) is 11.0. The number of carbonyl (C=O) groups excluding carboxylic acids is 1. The van der Waals surface area contributed by atoms with Gasteiger partial charge in [0.05, 0.1) is 17.8 Å². The molecule has 162 valence electrons. The zero-order valence-corrected chi connectivity index (χ0v) is 17.6. The average Bonchev–Trinajstić information content (AvgIpc) is 3.53.